The maximum Gasteiger partial charge on any atom is 0.186 e. The van der Waals surface area contributed by atoms with Crippen molar-refractivity contribution in [1.82, 2.24) is 0 Å². The third-order valence-electron chi connectivity index (χ3n) is 15.7. The molecule has 0 spiro atoms. The molecule has 5 fully saturated rings. The van der Waals surface area contributed by atoms with E-state index in [4.69, 9.17) is 23.7 Å². The number of rotatable bonds is 10. The fourth-order valence-corrected chi connectivity index (χ4v) is 12.6. The van der Waals surface area contributed by atoms with Gasteiger partial charge in [0, 0.05) is 18.4 Å². The van der Waals surface area contributed by atoms with E-state index in [-0.39, 0.29) is 64.8 Å². The fourth-order valence-electron chi connectivity index (χ4n) is 12.6. The topological polar surface area (TPSA) is 188 Å². The Labute approximate surface area is 321 Å². The van der Waals surface area contributed by atoms with Crippen molar-refractivity contribution in [1.29, 1.82) is 0 Å². The van der Waals surface area contributed by atoms with Gasteiger partial charge < -0.3 is 59.4 Å². The molecule has 310 valence electrons. The summed E-state index contributed by atoms with van der Waals surface area (Å²) in [7, 11) is 1.79. The molecule has 0 radical (unpaired) electrons. The molecule has 19 atom stereocenters. The van der Waals surface area contributed by atoms with Gasteiger partial charge in [-0.15, -0.1) is 0 Å². The van der Waals surface area contributed by atoms with Gasteiger partial charge in [0.2, 0.25) is 0 Å². The first-order valence-corrected chi connectivity index (χ1v) is 20.4. The standard InChI is InChI=1S/C42H70O12/c1-21(2)11-10-12-22(3)30-27(52-38-35(49)33(47)32(46)28(19-43)53-38)18-42(8)36-26(50-9)17-24-23(40(36,6)15-16-41(30,42)7)13-14-29(39(24,4)5)54-37-34(48)31(45)25(44)20-51-37/h11,17,22-23,25-38,43-49H,10,12-16,18-20H2,1-9H3. The van der Waals surface area contributed by atoms with Gasteiger partial charge >= 0.3 is 0 Å². The van der Waals surface area contributed by atoms with Crippen LogP contribution in [0.1, 0.15) is 100 Å². The quantitative estimate of drug-likeness (QED) is 0.161. The van der Waals surface area contributed by atoms with E-state index in [0.717, 1.165) is 38.5 Å². The van der Waals surface area contributed by atoms with E-state index in [2.05, 4.69) is 67.5 Å². The van der Waals surface area contributed by atoms with Gasteiger partial charge in [0.05, 0.1) is 31.5 Å². The molecule has 0 bridgehead atoms. The Hall–Kier alpha value is -1.00. The van der Waals surface area contributed by atoms with E-state index in [1.54, 1.807) is 7.11 Å². The second-order valence-corrected chi connectivity index (χ2v) is 19.3. The average Bonchev–Trinajstić information content (AvgIpc) is 3.34. The highest BCUT2D eigenvalue weighted by Crippen LogP contribution is 2.75. The predicted octanol–water partition coefficient (Wildman–Crippen LogP) is 3.22. The molecule has 12 heteroatoms. The molecule has 0 amide bonds. The lowest BCUT2D eigenvalue weighted by atomic mass is 9.38. The summed E-state index contributed by atoms with van der Waals surface area (Å²) in [6.45, 7) is 17.6. The van der Waals surface area contributed by atoms with Crippen LogP contribution < -0.4 is 0 Å². The number of hydrogen-bond acceptors (Lipinski definition) is 12. The summed E-state index contributed by atoms with van der Waals surface area (Å²) in [5, 5.41) is 73.4. The third-order valence-corrected chi connectivity index (χ3v) is 15.7. The Morgan fingerprint density at radius 1 is 0.889 bits per heavy atom. The van der Waals surface area contributed by atoms with Gasteiger partial charge in [0.25, 0.3) is 0 Å². The lowest BCUT2D eigenvalue weighted by Gasteiger charge is -2.67. The number of aliphatic hydroxyl groups excluding tert-OH is 7. The first kappa shape index (κ1) is 42.6. The van der Waals surface area contributed by atoms with Gasteiger partial charge in [-0.3, -0.25) is 0 Å². The van der Waals surface area contributed by atoms with Crippen molar-refractivity contribution >= 4 is 0 Å². The summed E-state index contributed by atoms with van der Waals surface area (Å²) >= 11 is 0. The molecule has 4 aliphatic carbocycles. The lowest BCUT2D eigenvalue weighted by molar-refractivity contribution is -0.315. The second kappa shape index (κ2) is 15.6. The van der Waals surface area contributed by atoms with Gasteiger partial charge in [0.1, 0.15) is 42.7 Å². The van der Waals surface area contributed by atoms with Crippen LogP contribution in [0.2, 0.25) is 0 Å². The summed E-state index contributed by atoms with van der Waals surface area (Å²) in [5.74, 6) is 0.704. The van der Waals surface area contributed by atoms with Gasteiger partial charge in [-0.25, -0.2) is 0 Å². The number of allylic oxidation sites excluding steroid dienone is 2. The van der Waals surface area contributed by atoms with Crippen LogP contribution in [0, 0.1) is 45.3 Å². The molecule has 2 saturated heterocycles. The number of hydrogen-bond donors (Lipinski definition) is 7. The summed E-state index contributed by atoms with van der Waals surface area (Å²) in [5.41, 5.74) is 1.52. The van der Waals surface area contributed by atoms with Crippen LogP contribution >= 0.6 is 0 Å². The average molecular weight is 767 g/mol. The Morgan fingerprint density at radius 3 is 2.22 bits per heavy atom. The van der Waals surface area contributed by atoms with Crippen LogP contribution in [0.3, 0.4) is 0 Å². The molecule has 54 heavy (non-hydrogen) atoms. The van der Waals surface area contributed by atoms with E-state index in [1.807, 2.05) is 0 Å². The number of fused-ring (bicyclic) bond motifs is 5. The largest absolute Gasteiger partial charge is 0.394 e. The monoisotopic (exact) mass is 766 g/mol. The van der Waals surface area contributed by atoms with Gasteiger partial charge in [-0.1, -0.05) is 64.8 Å². The molecule has 19 unspecified atom stereocenters. The zero-order valence-corrected chi connectivity index (χ0v) is 33.9. The van der Waals surface area contributed by atoms with Crippen LogP contribution in [0.15, 0.2) is 23.3 Å². The zero-order chi connectivity index (χ0) is 39.7. The van der Waals surface area contributed by atoms with Gasteiger partial charge in [-0.05, 0) is 92.8 Å². The third kappa shape index (κ3) is 6.89. The lowest BCUT2D eigenvalue weighted by Crippen LogP contribution is -2.63. The van der Waals surface area contributed by atoms with Gasteiger partial charge in [0.15, 0.2) is 12.6 Å². The Balaban J connectivity index is 1.34. The minimum atomic E-state index is -1.51. The predicted molar refractivity (Wildman–Crippen MR) is 200 cm³/mol. The molecule has 0 aromatic heterocycles. The maximum atomic E-state index is 11.1. The minimum absolute atomic E-state index is 0.0873. The molecule has 0 aromatic rings. The van der Waals surface area contributed by atoms with Crippen LogP contribution in [-0.2, 0) is 23.7 Å². The Morgan fingerprint density at radius 2 is 1.57 bits per heavy atom. The molecular formula is C42H70O12. The molecule has 6 rings (SSSR count). The normalized spacial score (nSPS) is 50.7. The maximum absolute atomic E-state index is 11.1. The molecule has 12 nitrogen and oxygen atoms in total. The molecule has 0 aromatic carbocycles. The zero-order valence-electron chi connectivity index (χ0n) is 33.9. The first-order valence-electron chi connectivity index (χ1n) is 20.4. The van der Waals surface area contributed by atoms with Crippen molar-refractivity contribution in [3.05, 3.63) is 23.3 Å². The van der Waals surface area contributed by atoms with Gasteiger partial charge in [-0.2, -0.15) is 0 Å². The van der Waals surface area contributed by atoms with Crippen molar-refractivity contribution in [3.8, 4) is 0 Å². The SMILES string of the molecule is COC1C=C2C(CCC(OC3OCC(O)C(O)C3O)C2(C)C)C2(C)CCC3(C)C(C(C)CCC=C(C)C)C(OC4OC(CO)C(O)C(O)C4O)CC3(C)C12. The Bertz CT molecular complexity index is 1380. The highest BCUT2D eigenvalue weighted by molar-refractivity contribution is 5.33. The molecule has 6 aliphatic rings. The van der Waals surface area contributed by atoms with Crippen molar-refractivity contribution in [2.24, 2.45) is 45.3 Å². The van der Waals surface area contributed by atoms with Crippen LogP contribution in [-0.4, -0.2) is 130 Å². The minimum Gasteiger partial charge on any atom is -0.394 e. The number of aliphatic hydroxyl groups is 7. The van der Waals surface area contributed by atoms with Crippen LogP contribution in [0.25, 0.3) is 0 Å². The molecule has 7 N–H and O–H groups in total. The van der Waals surface area contributed by atoms with E-state index in [9.17, 15) is 35.7 Å². The van der Waals surface area contributed by atoms with Crippen LogP contribution in [0.4, 0.5) is 0 Å². The smallest absolute Gasteiger partial charge is 0.186 e. The van der Waals surface area contributed by atoms with E-state index in [0.29, 0.717) is 6.42 Å². The summed E-state index contributed by atoms with van der Waals surface area (Å²) in [6.07, 6.45) is -1.70. The molecule has 3 saturated carbocycles. The molecule has 2 aliphatic heterocycles. The highest BCUT2D eigenvalue weighted by Gasteiger charge is 2.72. The molecule has 2 heterocycles. The molecular weight excluding hydrogens is 696 g/mol. The van der Waals surface area contributed by atoms with E-state index >= 15 is 0 Å². The fraction of sp³-hybridized carbons (Fsp3) is 0.905. The Kier molecular flexibility index (Phi) is 12.3. The summed E-state index contributed by atoms with van der Waals surface area (Å²) < 4.78 is 31.4. The number of methoxy groups -OCH3 is 1. The summed E-state index contributed by atoms with van der Waals surface area (Å²) in [4.78, 5) is 0. The van der Waals surface area contributed by atoms with E-state index in [1.165, 1.54) is 11.1 Å². The summed E-state index contributed by atoms with van der Waals surface area (Å²) in [6, 6.07) is 0. The van der Waals surface area contributed by atoms with Crippen molar-refractivity contribution < 1.29 is 59.4 Å². The number of ether oxygens (including phenoxy) is 5. The van der Waals surface area contributed by atoms with Crippen molar-refractivity contribution in [2.45, 2.75) is 174 Å². The van der Waals surface area contributed by atoms with Crippen molar-refractivity contribution in [2.75, 3.05) is 20.3 Å². The first-order chi connectivity index (χ1) is 25.3. The van der Waals surface area contributed by atoms with Crippen molar-refractivity contribution in [3.63, 3.8) is 0 Å². The van der Waals surface area contributed by atoms with E-state index < -0.39 is 67.3 Å². The van der Waals surface area contributed by atoms with Crippen LogP contribution in [0.5, 0.6) is 0 Å². The second-order valence-electron chi connectivity index (χ2n) is 19.3. The highest BCUT2D eigenvalue weighted by atomic mass is 16.7.